The van der Waals surface area contributed by atoms with Gasteiger partial charge in [0.05, 0.1) is 5.69 Å². The highest BCUT2D eigenvalue weighted by molar-refractivity contribution is 7.07. The fourth-order valence-electron chi connectivity index (χ4n) is 2.78. The molecule has 0 bridgehead atoms. The molecule has 2 N–H and O–H groups in total. The van der Waals surface area contributed by atoms with Gasteiger partial charge in [-0.2, -0.15) is 16.1 Å². The highest BCUT2D eigenvalue weighted by Crippen LogP contribution is 2.33. The van der Waals surface area contributed by atoms with E-state index in [1.54, 1.807) is 52.0 Å². The Morgan fingerprint density at radius 2 is 2.07 bits per heavy atom. The van der Waals surface area contributed by atoms with E-state index >= 15 is 0 Å². The second-order valence-corrected chi connectivity index (χ2v) is 8.33. The first-order chi connectivity index (χ1) is 13.1. The number of fused-ring (bicyclic) bond motifs is 1. The Bertz CT molecular complexity index is 985. The molecule has 1 aromatic carbocycles. The number of hydrogen-bond donors (Lipinski definition) is 2. The molecule has 0 saturated carbocycles. The van der Waals surface area contributed by atoms with E-state index < -0.39 is 22.5 Å². The molecule has 0 aliphatic rings. The molecule has 0 saturated heterocycles. The van der Waals surface area contributed by atoms with Gasteiger partial charge in [-0.3, -0.25) is 0 Å². The van der Waals surface area contributed by atoms with Gasteiger partial charge >= 0.3 is 6.09 Å². The SMILES string of the molecule is CC(c1ccsc1)[N+]([O-])(Nc1ccc2c(O)nccc2c1)C(=O)OC(C)(C)C. The minimum Gasteiger partial charge on any atom is -0.596 e. The van der Waals surface area contributed by atoms with Crippen molar-refractivity contribution < 1.29 is 19.4 Å². The van der Waals surface area contributed by atoms with Gasteiger partial charge in [-0.15, -0.1) is 4.76 Å². The maximum absolute atomic E-state index is 13.7. The third-order valence-corrected chi connectivity index (χ3v) is 4.98. The summed E-state index contributed by atoms with van der Waals surface area (Å²) in [6, 6.07) is 7.76. The molecule has 3 aromatic rings. The summed E-state index contributed by atoms with van der Waals surface area (Å²) < 4.78 is 4.01. The second kappa shape index (κ2) is 7.38. The van der Waals surface area contributed by atoms with Gasteiger partial charge in [0.2, 0.25) is 5.88 Å². The average Bonchev–Trinajstić information content (AvgIpc) is 3.14. The molecule has 148 valence electrons. The standard InChI is InChI=1S/C20H23N3O4S/c1-13(15-8-10-28-12-15)23(26,19(25)27-20(2,3)4)22-16-5-6-17-14(11-16)7-9-21-18(17)24/h5-13,22H,1-4H3,(H,21,24). The zero-order valence-electron chi connectivity index (χ0n) is 16.2. The van der Waals surface area contributed by atoms with Gasteiger partial charge in [0, 0.05) is 17.1 Å². The zero-order chi connectivity index (χ0) is 20.5. The summed E-state index contributed by atoms with van der Waals surface area (Å²) in [7, 11) is 0. The monoisotopic (exact) mass is 401 g/mol. The number of rotatable bonds is 4. The quantitative estimate of drug-likeness (QED) is 0.453. The number of thiophene rings is 1. The molecular formula is C20H23N3O4S. The molecular weight excluding hydrogens is 378 g/mol. The summed E-state index contributed by atoms with van der Waals surface area (Å²) in [6.07, 6.45) is 0.548. The van der Waals surface area contributed by atoms with Crippen LogP contribution < -0.4 is 5.43 Å². The number of anilines is 1. The molecule has 8 heteroatoms. The maximum atomic E-state index is 13.7. The topological polar surface area (TPSA) is 94.5 Å². The number of hydroxylamine groups is 2. The number of hydrogen-bond acceptors (Lipinski definition) is 7. The number of pyridine rings is 1. The molecule has 2 aromatic heterocycles. The summed E-state index contributed by atoms with van der Waals surface area (Å²) in [5.74, 6) is -0.0919. The van der Waals surface area contributed by atoms with Crippen molar-refractivity contribution in [3.63, 3.8) is 0 Å². The molecule has 2 unspecified atom stereocenters. The summed E-state index contributed by atoms with van der Waals surface area (Å²) in [6.45, 7) is 6.84. The van der Waals surface area contributed by atoms with E-state index in [1.807, 2.05) is 16.8 Å². The van der Waals surface area contributed by atoms with Crippen molar-refractivity contribution in [1.29, 1.82) is 0 Å². The van der Waals surface area contributed by atoms with Gasteiger partial charge in [0.1, 0.15) is 11.6 Å². The zero-order valence-corrected chi connectivity index (χ0v) is 17.0. The van der Waals surface area contributed by atoms with Gasteiger partial charge in [0.25, 0.3) is 0 Å². The van der Waals surface area contributed by atoms with Crippen molar-refractivity contribution in [1.82, 2.24) is 4.98 Å². The Morgan fingerprint density at radius 3 is 2.71 bits per heavy atom. The van der Waals surface area contributed by atoms with Crippen molar-refractivity contribution in [3.05, 3.63) is 58.1 Å². The minimum atomic E-state index is -1.41. The van der Waals surface area contributed by atoms with Crippen LogP contribution in [0.1, 0.15) is 39.3 Å². The number of benzene rings is 1. The number of carbonyl (C=O) groups excluding carboxylic acids is 1. The Kier molecular flexibility index (Phi) is 5.29. The minimum absolute atomic E-state index is 0.0919. The third kappa shape index (κ3) is 4.09. The fourth-order valence-corrected chi connectivity index (χ4v) is 3.52. The molecule has 1 amide bonds. The average molecular weight is 401 g/mol. The lowest BCUT2D eigenvalue weighted by Crippen LogP contribution is -2.55. The van der Waals surface area contributed by atoms with E-state index in [1.165, 1.54) is 17.5 Å². The lowest BCUT2D eigenvalue weighted by molar-refractivity contribution is -0.817. The number of aromatic hydroxyl groups is 1. The molecule has 0 aliphatic heterocycles. The van der Waals surface area contributed by atoms with Crippen LogP contribution in [0, 0.1) is 5.21 Å². The fraction of sp³-hybridized carbons (Fsp3) is 0.300. The Labute approximate surface area is 167 Å². The third-order valence-electron chi connectivity index (χ3n) is 4.27. The van der Waals surface area contributed by atoms with Crippen LogP contribution >= 0.6 is 11.3 Å². The molecule has 0 fully saturated rings. The summed E-state index contributed by atoms with van der Waals surface area (Å²) in [4.78, 5) is 16.7. The van der Waals surface area contributed by atoms with E-state index in [0.29, 0.717) is 16.5 Å². The van der Waals surface area contributed by atoms with Crippen LogP contribution in [0.25, 0.3) is 10.8 Å². The number of aromatic nitrogens is 1. The van der Waals surface area contributed by atoms with E-state index in [0.717, 1.165) is 5.56 Å². The van der Waals surface area contributed by atoms with Gasteiger partial charge in [-0.25, -0.2) is 10.4 Å². The lowest BCUT2D eigenvalue weighted by atomic mass is 10.1. The second-order valence-electron chi connectivity index (χ2n) is 7.55. The van der Waals surface area contributed by atoms with Gasteiger partial charge < -0.3 is 15.1 Å². The van der Waals surface area contributed by atoms with Crippen LogP contribution in [0.5, 0.6) is 5.88 Å². The molecule has 2 heterocycles. The van der Waals surface area contributed by atoms with Crippen molar-refractivity contribution in [2.75, 3.05) is 5.43 Å². The van der Waals surface area contributed by atoms with Crippen LogP contribution in [-0.4, -0.2) is 26.5 Å². The summed E-state index contributed by atoms with van der Waals surface area (Å²) >= 11 is 1.46. The first kappa shape index (κ1) is 20.1. The smallest absolute Gasteiger partial charge is 0.542 e. The molecule has 0 aliphatic carbocycles. The van der Waals surface area contributed by atoms with E-state index in [-0.39, 0.29) is 5.88 Å². The van der Waals surface area contributed by atoms with Crippen LogP contribution in [0.3, 0.4) is 0 Å². The predicted molar refractivity (Wildman–Crippen MR) is 110 cm³/mol. The highest BCUT2D eigenvalue weighted by atomic mass is 32.1. The van der Waals surface area contributed by atoms with Gasteiger partial charge in [0.15, 0.2) is 0 Å². The van der Waals surface area contributed by atoms with E-state index in [2.05, 4.69) is 10.4 Å². The summed E-state index contributed by atoms with van der Waals surface area (Å²) in [5.41, 5.74) is 3.15. The number of quaternary nitrogens is 1. The van der Waals surface area contributed by atoms with Crippen LogP contribution in [0.15, 0.2) is 47.3 Å². The molecule has 3 rings (SSSR count). The normalized spacial score (nSPS) is 15.0. The number of nitrogens with one attached hydrogen (secondary N) is 1. The first-order valence-electron chi connectivity index (χ1n) is 8.81. The van der Waals surface area contributed by atoms with Crippen LogP contribution in [0.2, 0.25) is 0 Å². The summed E-state index contributed by atoms with van der Waals surface area (Å²) in [5, 5.41) is 28.5. The van der Waals surface area contributed by atoms with Crippen LogP contribution in [-0.2, 0) is 4.74 Å². The molecule has 0 radical (unpaired) electrons. The van der Waals surface area contributed by atoms with E-state index in [4.69, 9.17) is 4.74 Å². The molecule has 0 spiro atoms. The number of carbonyl (C=O) groups is 1. The Morgan fingerprint density at radius 1 is 1.32 bits per heavy atom. The van der Waals surface area contributed by atoms with Crippen molar-refractivity contribution in [3.8, 4) is 5.88 Å². The maximum Gasteiger partial charge on any atom is 0.542 e. The van der Waals surface area contributed by atoms with Crippen molar-refractivity contribution in [2.45, 2.75) is 39.3 Å². The molecule has 2 atom stereocenters. The number of ether oxygens (including phenoxy) is 1. The molecule has 7 nitrogen and oxygen atoms in total. The van der Waals surface area contributed by atoms with Crippen LogP contribution in [0.4, 0.5) is 10.5 Å². The Balaban J connectivity index is 2.00. The van der Waals surface area contributed by atoms with Crippen molar-refractivity contribution >= 4 is 33.9 Å². The predicted octanol–water partition coefficient (Wildman–Crippen LogP) is 5.34. The Hall–Kier alpha value is -2.68. The highest BCUT2D eigenvalue weighted by Gasteiger charge is 2.40. The van der Waals surface area contributed by atoms with E-state index in [9.17, 15) is 15.1 Å². The first-order valence-corrected chi connectivity index (χ1v) is 9.76. The number of nitrogens with zero attached hydrogens (tertiary/aromatic N) is 2. The largest absolute Gasteiger partial charge is 0.596 e. The van der Waals surface area contributed by atoms with Crippen molar-refractivity contribution in [2.24, 2.45) is 0 Å². The molecule has 28 heavy (non-hydrogen) atoms. The lowest BCUT2D eigenvalue weighted by Gasteiger charge is -2.43. The van der Waals surface area contributed by atoms with Gasteiger partial charge in [-0.05, 0) is 74.2 Å². The number of amides is 1. The van der Waals surface area contributed by atoms with Gasteiger partial charge in [-0.1, -0.05) is 0 Å².